The first kappa shape index (κ1) is 18.1. The molecule has 1 N–H and O–H groups in total. The summed E-state index contributed by atoms with van der Waals surface area (Å²) in [5.41, 5.74) is 0.247. The predicted octanol–water partition coefficient (Wildman–Crippen LogP) is 5.57. The van der Waals surface area contributed by atoms with Crippen LogP contribution < -0.4 is 5.32 Å². The highest BCUT2D eigenvalue weighted by molar-refractivity contribution is 6.44. The fourth-order valence-electron chi connectivity index (χ4n) is 1.48. The quantitative estimate of drug-likeness (QED) is 0.569. The molecule has 0 saturated heterocycles. The molecular formula is C15H18Cl3NO2. The summed E-state index contributed by atoms with van der Waals surface area (Å²) in [6.07, 6.45) is 3.90. The van der Waals surface area contributed by atoms with Crippen molar-refractivity contribution in [1.29, 1.82) is 0 Å². The van der Waals surface area contributed by atoms with Gasteiger partial charge in [-0.05, 0) is 44.9 Å². The maximum absolute atomic E-state index is 11.4. The minimum atomic E-state index is -0.495. The second-order valence-electron chi connectivity index (χ2n) is 5.41. The van der Waals surface area contributed by atoms with E-state index in [1.54, 1.807) is 12.1 Å². The number of hydrogen-bond acceptors (Lipinski definition) is 2. The van der Waals surface area contributed by atoms with Crippen molar-refractivity contribution in [3.63, 3.8) is 0 Å². The summed E-state index contributed by atoms with van der Waals surface area (Å²) >= 11 is 17.9. The summed E-state index contributed by atoms with van der Waals surface area (Å²) in [7, 11) is 0. The molecule has 1 rings (SSSR count). The average molecular weight is 351 g/mol. The number of halogens is 3. The monoisotopic (exact) mass is 349 g/mol. The fraction of sp³-hybridized carbons (Fsp3) is 0.400. The van der Waals surface area contributed by atoms with Crippen LogP contribution >= 0.6 is 34.8 Å². The van der Waals surface area contributed by atoms with Gasteiger partial charge in [0, 0.05) is 11.6 Å². The van der Waals surface area contributed by atoms with E-state index in [1.165, 1.54) is 0 Å². The van der Waals surface area contributed by atoms with Crippen molar-refractivity contribution in [2.24, 2.45) is 0 Å². The first-order chi connectivity index (χ1) is 9.69. The topological polar surface area (TPSA) is 38.3 Å². The molecule has 0 aromatic heterocycles. The lowest BCUT2D eigenvalue weighted by Crippen LogP contribution is -2.32. The number of rotatable bonds is 4. The third-order valence-corrected chi connectivity index (χ3v) is 3.33. The van der Waals surface area contributed by atoms with Crippen LogP contribution in [0.2, 0.25) is 15.1 Å². The van der Waals surface area contributed by atoms with Crippen LogP contribution in [0, 0.1) is 0 Å². The summed E-state index contributed by atoms with van der Waals surface area (Å²) in [4.78, 5) is 11.4. The summed E-state index contributed by atoms with van der Waals surface area (Å²) < 4.78 is 5.12. The lowest BCUT2D eigenvalue weighted by atomic mass is 10.2. The normalized spacial score (nSPS) is 11.7. The molecule has 1 aromatic carbocycles. The van der Waals surface area contributed by atoms with E-state index in [0.717, 1.165) is 5.56 Å². The van der Waals surface area contributed by atoms with Crippen LogP contribution in [0.5, 0.6) is 0 Å². The van der Waals surface area contributed by atoms with Gasteiger partial charge in [-0.25, -0.2) is 4.79 Å². The molecule has 0 atom stereocenters. The molecule has 0 spiro atoms. The van der Waals surface area contributed by atoms with Gasteiger partial charge in [0.2, 0.25) is 0 Å². The Morgan fingerprint density at radius 3 is 2.57 bits per heavy atom. The third kappa shape index (κ3) is 7.07. The van der Waals surface area contributed by atoms with E-state index in [9.17, 15) is 4.79 Å². The van der Waals surface area contributed by atoms with Crippen LogP contribution in [0.15, 0.2) is 18.2 Å². The van der Waals surface area contributed by atoms with Gasteiger partial charge in [-0.3, -0.25) is 0 Å². The Balaban J connectivity index is 2.45. The van der Waals surface area contributed by atoms with E-state index in [1.807, 2.05) is 32.9 Å². The van der Waals surface area contributed by atoms with Crippen LogP contribution in [0.3, 0.4) is 0 Å². The highest BCUT2D eigenvalue weighted by Gasteiger charge is 2.15. The first-order valence-electron chi connectivity index (χ1n) is 6.47. The van der Waals surface area contributed by atoms with Gasteiger partial charge in [0.05, 0.1) is 10.0 Å². The minimum absolute atomic E-state index is 0.413. The Bertz CT molecular complexity index is 536. The number of alkyl carbamates (subject to hydrolysis) is 1. The maximum atomic E-state index is 11.4. The smallest absolute Gasteiger partial charge is 0.407 e. The molecular weight excluding hydrogens is 333 g/mol. The molecule has 0 bridgehead atoms. The standard InChI is InChI=1S/C15H18Cl3NO2/c1-15(2,3)21-14(20)19-7-5-4-6-10-8-11(16)9-12(17)13(10)18/h4,6,8-9H,5,7H2,1-3H3,(H,19,20). The van der Waals surface area contributed by atoms with Gasteiger partial charge in [-0.2, -0.15) is 0 Å². The van der Waals surface area contributed by atoms with Gasteiger partial charge in [-0.1, -0.05) is 47.0 Å². The van der Waals surface area contributed by atoms with Crippen LogP contribution in [-0.4, -0.2) is 18.2 Å². The minimum Gasteiger partial charge on any atom is -0.444 e. The Hall–Kier alpha value is -0.900. The van der Waals surface area contributed by atoms with Gasteiger partial charge in [-0.15, -0.1) is 0 Å². The van der Waals surface area contributed by atoms with Gasteiger partial charge < -0.3 is 10.1 Å². The number of amides is 1. The molecule has 0 unspecified atom stereocenters. The number of benzene rings is 1. The number of hydrogen-bond donors (Lipinski definition) is 1. The fourth-order valence-corrected chi connectivity index (χ4v) is 2.16. The highest BCUT2D eigenvalue weighted by atomic mass is 35.5. The average Bonchev–Trinajstić information content (AvgIpc) is 2.32. The van der Waals surface area contributed by atoms with Crippen molar-refractivity contribution in [2.45, 2.75) is 32.8 Å². The molecule has 116 valence electrons. The third-order valence-electron chi connectivity index (χ3n) is 2.30. The highest BCUT2D eigenvalue weighted by Crippen LogP contribution is 2.30. The molecule has 0 aliphatic carbocycles. The number of carbonyl (C=O) groups is 1. The second-order valence-corrected chi connectivity index (χ2v) is 6.63. The van der Waals surface area contributed by atoms with Crippen LogP contribution in [0.1, 0.15) is 32.8 Å². The number of nitrogens with one attached hydrogen (secondary N) is 1. The Morgan fingerprint density at radius 2 is 1.95 bits per heavy atom. The molecule has 0 saturated carbocycles. The Labute approximate surface area is 140 Å². The maximum Gasteiger partial charge on any atom is 0.407 e. The van der Waals surface area contributed by atoms with E-state index >= 15 is 0 Å². The van der Waals surface area contributed by atoms with Gasteiger partial charge in [0.15, 0.2) is 0 Å². The van der Waals surface area contributed by atoms with Crippen molar-refractivity contribution in [3.8, 4) is 0 Å². The van der Waals surface area contributed by atoms with Gasteiger partial charge in [0.1, 0.15) is 5.60 Å². The zero-order chi connectivity index (χ0) is 16.0. The molecule has 0 heterocycles. The molecule has 21 heavy (non-hydrogen) atoms. The first-order valence-corrected chi connectivity index (χ1v) is 7.60. The lowest BCUT2D eigenvalue weighted by molar-refractivity contribution is 0.0529. The van der Waals surface area contributed by atoms with Gasteiger partial charge in [0.25, 0.3) is 0 Å². The molecule has 0 radical (unpaired) electrons. The van der Waals surface area contributed by atoms with E-state index in [4.69, 9.17) is 39.5 Å². The van der Waals surface area contributed by atoms with Crippen LogP contribution in [-0.2, 0) is 4.74 Å². The van der Waals surface area contributed by atoms with Gasteiger partial charge >= 0.3 is 6.09 Å². The zero-order valence-corrected chi connectivity index (χ0v) is 14.4. The molecule has 0 aliphatic heterocycles. The van der Waals surface area contributed by atoms with E-state index in [-0.39, 0.29) is 0 Å². The Kier molecular flexibility index (Phi) is 6.85. The lowest BCUT2D eigenvalue weighted by Gasteiger charge is -2.19. The van der Waals surface area contributed by atoms with Crippen molar-refractivity contribution >= 4 is 47.0 Å². The molecule has 3 nitrogen and oxygen atoms in total. The van der Waals surface area contributed by atoms with E-state index in [2.05, 4.69) is 5.32 Å². The summed E-state index contributed by atoms with van der Waals surface area (Å²) in [6, 6.07) is 3.32. The van der Waals surface area contributed by atoms with Crippen molar-refractivity contribution in [3.05, 3.63) is 38.8 Å². The van der Waals surface area contributed by atoms with E-state index in [0.29, 0.717) is 28.0 Å². The van der Waals surface area contributed by atoms with Crippen LogP contribution in [0.4, 0.5) is 4.79 Å². The zero-order valence-electron chi connectivity index (χ0n) is 12.2. The SMILES string of the molecule is CC(C)(C)OC(=O)NCCC=Cc1cc(Cl)cc(Cl)c1Cl. The number of carbonyl (C=O) groups excluding carboxylic acids is 1. The molecule has 1 aromatic rings. The molecule has 1 amide bonds. The summed E-state index contributed by atoms with van der Waals surface area (Å²) in [6.45, 7) is 5.92. The largest absolute Gasteiger partial charge is 0.444 e. The Morgan fingerprint density at radius 1 is 1.29 bits per heavy atom. The molecule has 0 aliphatic rings. The predicted molar refractivity (Wildman–Crippen MR) is 89.4 cm³/mol. The molecule has 0 fully saturated rings. The van der Waals surface area contributed by atoms with Crippen LogP contribution in [0.25, 0.3) is 6.08 Å². The van der Waals surface area contributed by atoms with Crippen molar-refractivity contribution < 1.29 is 9.53 Å². The molecule has 6 heteroatoms. The second kappa shape index (κ2) is 7.92. The van der Waals surface area contributed by atoms with E-state index < -0.39 is 11.7 Å². The summed E-state index contributed by atoms with van der Waals surface area (Å²) in [5, 5.41) is 4.06. The van der Waals surface area contributed by atoms with Crippen molar-refractivity contribution in [1.82, 2.24) is 5.32 Å². The summed E-state index contributed by atoms with van der Waals surface area (Å²) in [5.74, 6) is 0. The van der Waals surface area contributed by atoms with Crippen molar-refractivity contribution in [2.75, 3.05) is 6.54 Å². The number of ether oxygens (including phenoxy) is 1.